The molecule has 0 aliphatic heterocycles. The van der Waals surface area contributed by atoms with Gasteiger partial charge in [-0.25, -0.2) is 9.97 Å². The van der Waals surface area contributed by atoms with Crippen LogP contribution in [0, 0.1) is 0 Å². The van der Waals surface area contributed by atoms with E-state index in [1.165, 1.54) is 23.1 Å². The first kappa shape index (κ1) is 25.1. The summed E-state index contributed by atoms with van der Waals surface area (Å²) < 4.78 is 0.853. The maximum absolute atomic E-state index is 12.2. The van der Waals surface area contributed by atoms with Crippen LogP contribution < -0.4 is 10.6 Å². The Balaban J connectivity index is 1.36. The van der Waals surface area contributed by atoms with E-state index in [1.54, 1.807) is 0 Å². The van der Waals surface area contributed by atoms with Crippen LogP contribution in [0.2, 0.25) is 10.0 Å². The Morgan fingerprint density at radius 2 is 2.00 bits per heavy atom. The lowest BCUT2D eigenvalue weighted by Crippen LogP contribution is -2.29. The van der Waals surface area contributed by atoms with Crippen molar-refractivity contribution >= 4 is 68.4 Å². The Morgan fingerprint density at radius 3 is 2.75 bits per heavy atom. The Labute approximate surface area is 207 Å². The first-order valence-corrected chi connectivity index (χ1v) is 12.9. The molecule has 3 rings (SSSR count). The summed E-state index contributed by atoms with van der Waals surface area (Å²) in [7, 11) is 2.05. The van der Waals surface area contributed by atoms with Gasteiger partial charge in [0.05, 0.1) is 15.8 Å². The lowest BCUT2D eigenvalue weighted by molar-refractivity contribution is -0.118. The fourth-order valence-electron chi connectivity index (χ4n) is 3.02. The molecule has 2 N–H and O–H groups in total. The van der Waals surface area contributed by atoms with Crippen molar-refractivity contribution in [1.29, 1.82) is 0 Å². The van der Waals surface area contributed by atoms with Crippen molar-refractivity contribution in [3.8, 4) is 0 Å². The van der Waals surface area contributed by atoms with Crippen LogP contribution in [0.4, 0.5) is 5.82 Å². The van der Waals surface area contributed by atoms with E-state index in [1.807, 2.05) is 37.4 Å². The number of rotatable bonds is 11. The van der Waals surface area contributed by atoms with Crippen molar-refractivity contribution in [2.45, 2.75) is 37.2 Å². The first-order valence-electron chi connectivity index (χ1n) is 10.4. The third-order valence-corrected chi connectivity index (χ3v) is 7.32. The number of carbonyl (C=O) groups excluding carboxylic acids is 1. The Kier molecular flexibility index (Phi) is 9.43. The molecule has 10 heteroatoms. The van der Waals surface area contributed by atoms with Crippen molar-refractivity contribution in [3.05, 3.63) is 45.9 Å². The van der Waals surface area contributed by atoms with E-state index in [0.29, 0.717) is 28.4 Å². The Morgan fingerprint density at radius 1 is 1.19 bits per heavy atom. The smallest absolute Gasteiger partial charge is 0.230 e. The number of fused-ring (bicyclic) bond motifs is 1. The highest BCUT2D eigenvalue weighted by atomic mass is 35.5. The van der Waals surface area contributed by atoms with E-state index in [-0.39, 0.29) is 5.91 Å². The Hall–Kier alpha value is -1.58. The SMILES string of the molecule is CC(C)Nc1ccc2nc(SCC(=O)NCCCN(C)Cc3ccc(Cl)c(Cl)c3)sc2n1. The number of thioether (sulfide) groups is 1. The second kappa shape index (κ2) is 12.0. The van der Waals surface area contributed by atoms with Crippen molar-refractivity contribution < 1.29 is 4.79 Å². The van der Waals surface area contributed by atoms with E-state index in [4.69, 9.17) is 23.2 Å². The second-order valence-corrected chi connectivity index (χ2v) is 10.8. The van der Waals surface area contributed by atoms with Gasteiger partial charge in [0.2, 0.25) is 5.91 Å². The zero-order chi connectivity index (χ0) is 23.1. The molecular formula is C22H27Cl2N5OS2. The minimum atomic E-state index is 0.0107. The summed E-state index contributed by atoms with van der Waals surface area (Å²) in [5, 5.41) is 7.40. The number of hydrogen-bond donors (Lipinski definition) is 2. The summed E-state index contributed by atoms with van der Waals surface area (Å²) in [4.78, 5) is 24.4. The van der Waals surface area contributed by atoms with Crippen LogP contribution >= 0.6 is 46.3 Å². The van der Waals surface area contributed by atoms with E-state index in [0.717, 1.165) is 45.6 Å². The van der Waals surface area contributed by atoms with Crippen molar-refractivity contribution in [3.63, 3.8) is 0 Å². The quantitative estimate of drug-likeness (QED) is 0.259. The van der Waals surface area contributed by atoms with Crippen molar-refractivity contribution in [1.82, 2.24) is 20.2 Å². The van der Waals surface area contributed by atoms with Crippen LogP contribution in [0.15, 0.2) is 34.7 Å². The molecule has 3 aromatic rings. The monoisotopic (exact) mass is 511 g/mol. The number of thiazole rings is 1. The minimum absolute atomic E-state index is 0.0107. The van der Waals surface area contributed by atoms with Crippen molar-refractivity contribution in [2.24, 2.45) is 0 Å². The molecule has 1 aromatic carbocycles. The van der Waals surface area contributed by atoms with Crippen molar-refractivity contribution in [2.75, 3.05) is 31.2 Å². The van der Waals surface area contributed by atoms with Gasteiger partial charge in [0.25, 0.3) is 0 Å². The first-order chi connectivity index (χ1) is 15.3. The summed E-state index contributed by atoms with van der Waals surface area (Å²) in [5.41, 5.74) is 1.97. The summed E-state index contributed by atoms with van der Waals surface area (Å²) in [6.07, 6.45) is 0.866. The van der Waals surface area contributed by atoms with Gasteiger partial charge in [0.15, 0.2) is 4.34 Å². The van der Waals surface area contributed by atoms with Gasteiger partial charge in [0, 0.05) is 19.1 Å². The predicted octanol–water partition coefficient (Wildman–Crippen LogP) is 5.55. The molecular weight excluding hydrogens is 485 g/mol. The van der Waals surface area contributed by atoms with Crippen LogP contribution in [0.5, 0.6) is 0 Å². The topological polar surface area (TPSA) is 70.2 Å². The Bertz CT molecular complexity index is 1060. The lowest BCUT2D eigenvalue weighted by Gasteiger charge is -2.17. The number of nitrogens with zero attached hydrogens (tertiary/aromatic N) is 3. The highest BCUT2D eigenvalue weighted by molar-refractivity contribution is 8.01. The van der Waals surface area contributed by atoms with Gasteiger partial charge in [-0.05, 0) is 63.7 Å². The number of benzene rings is 1. The summed E-state index contributed by atoms with van der Waals surface area (Å²) in [6, 6.07) is 9.89. The van der Waals surface area contributed by atoms with E-state index >= 15 is 0 Å². The van der Waals surface area contributed by atoms with Crippen LogP contribution in [-0.2, 0) is 11.3 Å². The number of hydrogen-bond acceptors (Lipinski definition) is 7. The zero-order valence-corrected chi connectivity index (χ0v) is 21.5. The lowest BCUT2D eigenvalue weighted by atomic mass is 10.2. The van der Waals surface area contributed by atoms with Gasteiger partial charge in [0.1, 0.15) is 16.2 Å². The molecule has 0 spiro atoms. The van der Waals surface area contributed by atoms with Gasteiger partial charge in [-0.3, -0.25) is 4.79 Å². The van der Waals surface area contributed by atoms with Gasteiger partial charge < -0.3 is 15.5 Å². The molecule has 0 bridgehead atoms. The van der Waals surface area contributed by atoms with Crippen LogP contribution in [0.1, 0.15) is 25.8 Å². The normalized spacial score (nSPS) is 11.5. The average molecular weight is 513 g/mol. The molecule has 0 saturated carbocycles. The molecule has 0 aliphatic rings. The van der Waals surface area contributed by atoms with Crippen LogP contribution in [-0.4, -0.2) is 52.7 Å². The molecule has 0 atom stereocenters. The number of carbonyl (C=O) groups is 1. The fourth-order valence-corrected chi connectivity index (χ4v) is 5.18. The molecule has 0 aliphatic carbocycles. The molecule has 0 fully saturated rings. The third-order valence-electron chi connectivity index (χ3n) is 4.47. The number of anilines is 1. The predicted molar refractivity (Wildman–Crippen MR) is 137 cm³/mol. The molecule has 172 valence electrons. The molecule has 1 amide bonds. The molecule has 6 nitrogen and oxygen atoms in total. The molecule has 2 heterocycles. The average Bonchev–Trinajstić information content (AvgIpc) is 3.14. The molecule has 32 heavy (non-hydrogen) atoms. The van der Waals surface area contributed by atoms with Gasteiger partial charge >= 0.3 is 0 Å². The number of nitrogens with one attached hydrogen (secondary N) is 2. The standard InChI is InChI=1S/C22H27Cl2N5OS2/c1-14(2)26-19-8-7-18-21(28-19)32-22(27-18)31-13-20(30)25-9-4-10-29(3)12-15-5-6-16(23)17(24)11-15/h5-8,11,14H,4,9-10,12-13H2,1-3H3,(H,25,30)(H,26,28). The third kappa shape index (κ3) is 7.78. The maximum Gasteiger partial charge on any atom is 0.230 e. The molecule has 0 unspecified atom stereocenters. The molecule has 0 saturated heterocycles. The number of pyridine rings is 1. The van der Waals surface area contributed by atoms with E-state index in [9.17, 15) is 4.79 Å². The highest BCUT2D eigenvalue weighted by Gasteiger charge is 2.10. The highest BCUT2D eigenvalue weighted by Crippen LogP contribution is 2.29. The fraction of sp³-hybridized carbons (Fsp3) is 0.409. The van der Waals surface area contributed by atoms with Gasteiger partial charge in [-0.1, -0.05) is 52.4 Å². The number of halogens is 2. The van der Waals surface area contributed by atoms with Crippen LogP contribution in [0.3, 0.4) is 0 Å². The van der Waals surface area contributed by atoms with Crippen LogP contribution in [0.25, 0.3) is 10.3 Å². The summed E-state index contributed by atoms with van der Waals surface area (Å²) >= 11 is 15.0. The van der Waals surface area contributed by atoms with E-state index in [2.05, 4.69) is 39.3 Å². The summed E-state index contributed by atoms with van der Waals surface area (Å²) in [5.74, 6) is 1.20. The molecule has 0 radical (unpaired) electrons. The number of aromatic nitrogens is 2. The molecule has 2 aromatic heterocycles. The second-order valence-electron chi connectivity index (χ2n) is 7.78. The number of amides is 1. The van der Waals surface area contributed by atoms with Gasteiger partial charge in [-0.2, -0.15) is 0 Å². The zero-order valence-electron chi connectivity index (χ0n) is 18.3. The maximum atomic E-state index is 12.2. The summed E-state index contributed by atoms with van der Waals surface area (Å²) in [6.45, 7) is 6.43. The minimum Gasteiger partial charge on any atom is -0.368 e. The largest absolute Gasteiger partial charge is 0.368 e. The van der Waals surface area contributed by atoms with Gasteiger partial charge in [-0.15, -0.1) is 0 Å². The van der Waals surface area contributed by atoms with E-state index < -0.39 is 0 Å².